The third-order valence-electron chi connectivity index (χ3n) is 8.39. The molecule has 1 aromatic carbocycles. The number of nitrogens with one attached hydrogen (secondary N) is 2. The van der Waals surface area contributed by atoms with Gasteiger partial charge in [0.05, 0.1) is 6.26 Å². The molecule has 1 heterocycles. The number of carbonyl (C=O) groups is 2. The minimum atomic E-state index is -3.23. The van der Waals surface area contributed by atoms with Gasteiger partial charge in [-0.25, -0.2) is 13.2 Å². The third kappa shape index (κ3) is 4.56. The molecule has 0 spiro atoms. The summed E-state index contributed by atoms with van der Waals surface area (Å²) in [5, 5.41) is 6.31. The maximum Gasteiger partial charge on any atom is 0.319 e. The van der Waals surface area contributed by atoms with Crippen LogP contribution in [0, 0.1) is 16.7 Å². The summed E-state index contributed by atoms with van der Waals surface area (Å²) in [5.74, 6) is 0.579. The molecule has 9 heteroatoms. The molecule has 2 unspecified atom stereocenters. The SMILES string of the molecule is C[C@]12CC3CC(NC(=O)Nc4ccc(C(=O)N5CCN(S(C)(=O)=O)CC5)cc4)(C1)C[C@@](C)(C3)C2. The van der Waals surface area contributed by atoms with E-state index in [0.29, 0.717) is 54.2 Å². The van der Waals surface area contributed by atoms with E-state index in [1.807, 2.05) is 0 Å². The molecular formula is C25H36N4O4S. The molecule has 3 amide bonds. The zero-order valence-corrected chi connectivity index (χ0v) is 21.2. The van der Waals surface area contributed by atoms with Crippen LogP contribution in [0.4, 0.5) is 10.5 Å². The van der Waals surface area contributed by atoms with E-state index >= 15 is 0 Å². The first kappa shape index (κ1) is 23.6. The fraction of sp³-hybridized carbons (Fsp3) is 0.680. The van der Waals surface area contributed by atoms with Crippen LogP contribution in [0.15, 0.2) is 24.3 Å². The van der Waals surface area contributed by atoms with Gasteiger partial charge < -0.3 is 15.5 Å². The molecule has 4 atom stereocenters. The van der Waals surface area contributed by atoms with Crippen molar-refractivity contribution in [3.05, 3.63) is 29.8 Å². The Hall–Kier alpha value is -2.13. The average molecular weight is 489 g/mol. The van der Waals surface area contributed by atoms with Gasteiger partial charge in [-0.3, -0.25) is 4.79 Å². The van der Waals surface area contributed by atoms with Crippen LogP contribution in [0.5, 0.6) is 0 Å². The highest BCUT2D eigenvalue weighted by Crippen LogP contribution is 2.66. The van der Waals surface area contributed by atoms with Crippen LogP contribution in [0.3, 0.4) is 0 Å². The van der Waals surface area contributed by atoms with Crippen molar-refractivity contribution in [2.24, 2.45) is 16.7 Å². The Balaban J connectivity index is 1.18. The van der Waals surface area contributed by atoms with E-state index in [2.05, 4.69) is 24.5 Å². The van der Waals surface area contributed by atoms with Crippen LogP contribution in [-0.2, 0) is 10.0 Å². The molecule has 2 N–H and O–H groups in total. The molecule has 34 heavy (non-hydrogen) atoms. The van der Waals surface area contributed by atoms with E-state index in [0.717, 1.165) is 19.3 Å². The highest BCUT2D eigenvalue weighted by Gasteiger charge is 2.60. The Morgan fingerprint density at radius 1 is 0.912 bits per heavy atom. The summed E-state index contributed by atoms with van der Waals surface area (Å²) in [6, 6.07) is 6.76. The molecule has 5 fully saturated rings. The largest absolute Gasteiger partial charge is 0.336 e. The van der Waals surface area contributed by atoms with Crippen molar-refractivity contribution < 1.29 is 18.0 Å². The maximum atomic E-state index is 12.9. The zero-order chi connectivity index (χ0) is 24.4. The minimum absolute atomic E-state index is 0.114. The lowest BCUT2D eigenvalue weighted by atomic mass is 9.43. The van der Waals surface area contributed by atoms with E-state index in [1.54, 1.807) is 29.2 Å². The van der Waals surface area contributed by atoms with Crippen LogP contribution in [0.25, 0.3) is 0 Å². The van der Waals surface area contributed by atoms with Crippen molar-refractivity contribution in [2.45, 2.75) is 57.9 Å². The summed E-state index contributed by atoms with van der Waals surface area (Å²) >= 11 is 0. The number of urea groups is 1. The van der Waals surface area contributed by atoms with Gasteiger partial charge in [0.15, 0.2) is 0 Å². The van der Waals surface area contributed by atoms with Gasteiger partial charge in [0, 0.05) is 43.0 Å². The molecule has 0 aromatic heterocycles. The number of rotatable bonds is 4. The molecule has 1 saturated heterocycles. The molecule has 1 aromatic rings. The number of benzene rings is 1. The maximum absolute atomic E-state index is 12.9. The second-order valence-electron chi connectivity index (χ2n) is 12.0. The summed E-state index contributed by atoms with van der Waals surface area (Å²) in [4.78, 5) is 27.4. The molecule has 0 radical (unpaired) electrons. The fourth-order valence-corrected chi connectivity index (χ4v) is 8.92. The first-order chi connectivity index (χ1) is 15.9. The van der Waals surface area contributed by atoms with Gasteiger partial charge >= 0.3 is 6.03 Å². The van der Waals surface area contributed by atoms with Gasteiger partial charge in [0.25, 0.3) is 5.91 Å². The number of sulfonamides is 1. The highest BCUT2D eigenvalue weighted by molar-refractivity contribution is 7.88. The van der Waals surface area contributed by atoms with Crippen molar-refractivity contribution >= 4 is 27.6 Å². The van der Waals surface area contributed by atoms with Gasteiger partial charge in [0.2, 0.25) is 10.0 Å². The van der Waals surface area contributed by atoms with Gasteiger partial charge in [0.1, 0.15) is 0 Å². The van der Waals surface area contributed by atoms with Crippen LogP contribution >= 0.6 is 0 Å². The Bertz CT molecular complexity index is 1080. The van der Waals surface area contributed by atoms with Gasteiger partial charge in [-0.15, -0.1) is 0 Å². The quantitative estimate of drug-likeness (QED) is 0.680. The lowest BCUT2D eigenvalue weighted by molar-refractivity contribution is -0.113. The van der Waals surface area contributed by atoms with E-state index in [-0.39, 0.29) is 17.5 Å². The summed E-state index contributed by atoms with van der Waals surface area (Å²) in [7, 11) is -3.23. The van der Waals surface area contributed by atoms with Crippen molar-refractivity contribution in [3.63, 3.8) is 0 Å². The lowest BCUT2D eigenvalue weighted by Gasteiger charge is -2.65. The highest BCUT2D eigenvalue weighted by atomic mass is 32.2. The summed E-state index contributed by atoms with van der Waals surface area (Å²) in [6.07, 6.45) is 8.21. The predicted molar refractivity (Wildman–Crippen MR) is 131 cm³/mol. The first-order valence-electron chi connectivity index (χ1n) is 12.3. The van der Waals surface area contributed by atoms with Crippen LogP contribution < -0.4 is 10.6 Å². The molecule has 4 saturated carbocycles. The van der Waals surface area contributed by atoms with Crippen molar-refractivity contribution in [3.8, 4) is 0 Å². The number of carbonyl (C=O) groups excluding carboxylic acids is 2. The van der Waals surface area contributed by atoms with Crippen LogP contribution in [0.2, 0.25) is 0 Å². The molecule has 4 aliphatic carbocycles. The number of nitrogens with zero attached hydrogens (tertiary/aromatic N) is 2. The number of anilines is 1. The molecule has 1 aliphatic heterocycles. The van der Waals surface area contributed by atoms with Gasteiger partial charge in [-0.05, 0) is 79.5 Å². The molecule has 5 aliphatic rings. The molecule has 4 bridgehead atoms. The van der Waals surface area contributed by atoms with E-state index < -0.39 is 10.0 Å². The second kappa shape index (κ2) is 7.95. The van der Waals surface area contributed by atoms with Crippen molar-refractivity contribution in [2.75, 3.05) is 37.8 Å². The Morgan fingerprint density at radius 3 is 2.03 bits per heavy atom. The Labute approximate surface area is 202 Å². The topological polar surface area (TPSA) is 98.8 Å². The minimum Gasteiger partial charge on any atom is -0.336 e. The number of amides is 3. The normalized spacial score (nSPS) is 35.3. The molecular weight excluding hydrogens is 452 g/mol. The predicted octanol–water partition coefficient (Wildman–Crippen LogP) is 3.27. The lowest BCUT2D eigenvalue weighted by Crippen LogP contribution is -2.65. The second-order valence-corrected chi connectivity index (χ2v) is 14.0. The molecule has 6 rings (SSSR count). The molecule has 186 valence electrons. The first-order valence-corrected chi connectivity index (χ1v) is 14.1. The van der Waals surface area contributed by atoms with Crippen LogP contribution in [0.1, 0.15) is 62.7 Å². The van der Waals surface area contributed by atoms with E-state index in [9.17, 15) is 18.0 Å². The third-order valence-corrected chi connectivity index (χ3v) is 9.69. The summed E-state index contributed by atoms with van der Waals surface area (Å²) in [6.45, 7) is 6.14. The van der Waals surface area contributed by atoms with Crippen LogP contribution in [-0.4, -0.2) is 67.5 Å². The average Bonchev–Trinajstić information content (AvgIpc) is 2.70. The zero-order valence-electron chi connectivity index (χ0n) is 20.4. The van der Waals surface area contributed by atoms with Crippen molar-refractivity contribution in [1.82, 2.24) is 14.5 Å². The standard InChI is InChI=1S/C25H36N4O4S/c1-23-12-18-13-24(2,15-23)17-25(14-18,16-23)27-22(31)26-20-6-4-19(5-7-20)21(30)28-8-10-29(11-9-28)34(3,32)33/h4-7,18H,8-17H2,1-3H3,(H2,26,27,31)/t18?,23-,24+,25?. The molecule has 8 nitrogen and oxygen atoms in total. The van der Waals surface area contributed by atoms with Gasteiger partial charge in [-0.1, -0.05) is 13.8 Å². The monoisotopic (exact) mass is 488 g/mol. The van der Waals surface area contributed by atoms with E-state index in [4.69, 9.17) is 0 Å². The number of hydrogen-bond donors (Lipinski definition) is 2. The number of hydrogen-bond acceptors (Lipinski definition) is 4. The summed E-state index contributed by atoms with van der Waals surface area (Å²) < 4.78 is 24.7. The van der Waals surface area contributed by atoms with Crippen molar-refractivity contribution in [1.29, 1.82) is 0 Å². The Morgan fingerprint density at radius 2 is 1.50 bits per heavy atom. The Kier molecular flexibility index (Phi) is 5.52. The smallest absolute Gasteiger partial charge is 0.319 e. The fourth-order valence-electron chi connectivity index (χ4n) is 8.09. The summed E-state index contributed by atoms with van der Waals surface area (Å²) in [5.41, 5.74) is 1.72. The van der Waals surface area contributed by atoms with Gasteiger partial charge in [-0.2, -0.15) is 4.31 Å². The number of piperazine rings is 1. The van der Waals surface area contributed by atoms with E-state index in [1.165, 1.54) is 29.8 Å².